The van der Waals surface area contributed by atoms with Gasteiger partial charge < -0.3 is 15.5 Å². The second-order valence-electron chi connectivity index (χ2n) is 4.54. The topological polar surface area (TPSA) is 76.3 Å². The van der Waals surface area contributed by atoms with Gasteiger partial charge in [-0.25, -0.2) is 0 Å². The molecule has 3 N–H and O–H groups in total. The van der Waals surface area contributed by atoms with Crippen molar-refractivity contribution in [2.75, 3.05) is 19.8 Å². The molecular formula is C13H18N2O2. The highest BCUT2D eigenvalue weighted by molar-refractivity contribution is 5.32. The van der Waals surface area contributed by atoms with Crippen LogP contribution in [0.1, 0.15) is 18.1 Å². The Labute approximate surface area is 102 Å². The van der Waals surface area contributed by atoms with Crippen LogP contribution in [0.5, 0.6) is 0 Å². The quantitative estimate of drug-likeness (QED) is 0.675. The first-order valence-electron chi connectivity index (χ1n) is 5.55. The van der Waals surface area contributed by atoms with Gasteiger partial charge in [0.05, 0.1) is 24.8 Å². The number of aliphatic hydroxyl groups is 2. The van der Waals surface area contributed by atoms with Gasteiger partial charge in [0.2, 0.25) is 0 Å². The number of hydrogen-bond acceptors (Lipinski definition) is 4. The number of rotatable bonds is 6. The zero-order valence-electron chi connectivity index (χ0n) is 9.98. The minimum absolute atomic E-state index is 0.0608. The Hall–Kier alpha value is -1.41. The van der Waals surface area contributed by atoms with Crippen molar-refractivity contribution in [3.05, 3.63) is 35.4 Å². The van der Waals surface area contributed by atoms with Crippen molar-refractivity contribution < 1.29 is 10.2 Å². The lowest BCUT2D eigenvalue weighted by Crippen LogP contribution is -2.37. The summed E-state index contributed by atoms with van der Waals surface area (Å²) in [4.78, 5) is 0. The summed E-state index contributed by atoms with van der Waals surface area (Å²) >= 11 is 0. The van der Waals surface area contributed by atoms with Gasteiger partial charge in [-0.2, -0.15) is 5.26 Å². The molecule has 0 spiro atoms. The monoisotopic (exact) mass is 234 g/mol. The summed E-state index contributed by atoms with van der Waals surface area (Å²) in [6.07, 6.45) is 0. The van der Waals surface area contributed by atoms with E-state index in [1.807, 2.05) is 25.1 Å². The molecule has 0 aliphatic heterocycles. The summed E-state index contributed by atoms with van der Waals surface area (Å²) in [6.45, 7) is 2.83. The SMILES string of the molecule is CC(CO)(CO)CNCc1cccc(C#N)c1. The molecule has 0 aromatic heterocycles. The molecule has 4 heteroatoms. The van der Waals surface area contributed by atoms with Gasteiger partial charge >= 0.3 is 0 Å². The zero-order chi connectivity index (χ0) is 12.7. The summed E-state index contributed by atoms with van der Waals surface area (Å²) < 4.78 is 0. The number of aliphatic hydroxyl groups excluding tert-OH is 2. The van der Waals surface area contributed by atoms with Gasteiger partial charge in [0.25, 0.3) is 0 Å². The van der Waals surface area contributed by atoms with Crippen LogP contribution in [0.2, 0.25) is 0 Å². The van der Waals surface area contributed by atoms with Gasteiger partial charge in [-0.15, -0.1) is 0 Å². The molecule has 0 aliphatic rings. The lowest BCUT2D eigenvalue weighted by molar-refractivity contribution is 0.0695. The number of nitriles is 1. The van der Waals surface area contributed by atoms with E-state index in [2.05, 4.69) is 11.4 Å². The Kier molecular flexibility index (Phi) is 5.11. The predicted molar refractivity (Wildman–Crippen MR) is 65.1 cm³/mol. The average molecular weight is 234 g/mol. The fourth-order valence-corrected chi connectivity index (χ4v) is 1.42. The highest BCUT2D eigenvalue weighted by Gasteiger charge is 2.21. The van der Waals surface area contributed by atoms with Crippen LogP contribution in [0.4, 0.5) is 0 Å². The van der Waals surface area contributed by atoms with Gasteiger partial charge in [0.1, 0.15) is 0 Å². The summed E-state index contributed by atoms with van der Waals surface area (Å²) in [5.74, 6) is 0. The van der Waals surface area contributed by atoms with Crippen LogP contribution < -0.4 is 5.32 Å². The molecule has 0 heterocycles. The molecule has 0 fully saturated rings. The van der Waals surface area contributed by atoms with Gasteiger partial charge in [-0.05, 0) is 17.7 Å². The molecule has 0 amide bonds. The first kappa shape index (κ1) is 13.7. The average Bonchev–Trinajstić information content (AvgIpc) is 2.39. The second-order valence-corrected chi connectivity index (χ2v) is 4.54. The highest BCUT2D eigenvalue weighted by Crippen LogP contribution is 2.12. The standard InChI is InChI=1S/C13H18N2O2/c1-13(9-16,10-17)8-15-7-12-4-2-3-11(5-12)6-14/h2-5,15-17H,7-10H2,1H3. The third-order valence-electron chi connectivity index (χ3n) is 2.70. The molecule has 92 valence electrons. The van der Waals surface area contributed by atoms with Crippen molar-refractivity contribution in [3.63, 3.8) is 0 Å². The first-order valence-corrected chi connectivity index (χ1v) is 5.55. The Morgan fingerprint density at radius 2 is 2.06 bits per heavy atom. The molecule has 1 aromatic carbocycles. The summed E-state index contributed by atoms with van der Waals surface area (Å²) in [5.41, 5.74) is 1.14. The molecule has 0 radical (unpaired) electrons. The van der Waals surface area contributed by atoms with E-state index in [0.29, 0.717) is 18.7 Å². The third kappa shape index (κ3) is 4.16. The van der Waals surface area contributed by atoms with Crippen LogP contribution in [0.15, 0.2) is 24.3 Å². The predicted octanol–water partition coefficient (Wildman–Crippen LogP) is 0.639. The van der Waals surface area contributed by atoms with E-state index < -0.39 is 5.41 Å². The van der Waals surface area contributed by atoms with Gasteiger partial charge in [-0.1, -0.05) is 19.1 Å². The van der Waals surface area contributed by atoms with E-state index in [4.69, 9.17) is 15.5 Å². The summed E-state index contributed by atoms with van der Waals surface area (Å²) in [6, 6.07) is 9.44. The van der Waals surface area contributed by atoms with Gasteiger partial charge in [0.15, 0.2) is 0 Å². The maximum atomic E-state index is 9.12. The van der Waals surface area contributed by atoms with Crippen LogP contribution in [-0.4, -0.2) is 30.0 Å². The summed E-state index contributed by atoms with van der Waals surface area (Å²) in [5, 5.41) is 30.2. The molecule has 0 atom stereocenters. The second kappa shape index (κ2) is 6.36. The molecule has 1 rings (SSSR count). The minimum atomic E-state index is -0.507. The summed E-state index contributed by atoms with van der Waals surface area (Å²) in [7, 11) is 0. The number of nitrogens with zero attached hydrogens (tertiary/aromatic N) is 1. The molecule has 0 saturated carbocycles. The van der Waals surface area contributed by atoms with Gasteiger partial charge in [-0.3, -0.25) is 0 Å². The van der Waals surface area contributed by atoms with E-state index in [1.54, 1.807) is 6.07 Å². The first-order chi connectivity index (χ1) is 8.13. The Morgan fingerprint density at radius 1 is 1.35 bits per heavy atom. The molecule has 4 nitrogen and oxygen atoms in total. The van der Waals surface area contributed by atoms with Crippen LogP contribution in [0.25, 0.3) is 0 Å². The number of nitrogens with one attached hydrogen (secondary N) is 1. The molecule has 17 heavy (non-hydrogen) atoms. The molecule has 0 aliphatic carbocycles. The van der Waals surface area contributed by atoms with E-state index in [9.17, 15) is 0 Å². The van der Waals surface area contributed by atoms with Crippen LogP contribution in [0, 0.1) is 16.7 Å². The Morgan fingerprint density at radius 3 is 2.65 bits per heavy atom. The Balaban J connectivity index is 2.48. The molecule has 0 bridgehead atoms. The number of hydrogen-bond donors (Lipinski definition) is 3. The molecule has 1 aromatic rings. The Bertz CT molecular complexity index is 395. The van der Waals surface area contributed by atoms with E-state index in [-0.39, 0.29) is 13.2 Å². The van der Waals surface area contributed by atoms with Crippen molar-refractivity contribution in [2.45, 2.75) is 13.5 Å². The van der Waals surface area contributed by atoms with Crippen molar-refractivity contribution in [3.8, 4) is 6.07 Å². The minimum Gasteiger partial charge on any atom is -0.396 e. The van der Waals surface area contributed by atoms with E-state index >= 15 is 0 Å². The van der Waals surface area contributed by atoms with Crippen LogP contribution in [-0.2, 0) is 6.54 Å². The molecular weight excluding hydrogens is 216 g/mol. The fraction of sp³-hybridized carbons (Fsp3) is 0.462. The van der Waals surface area contributed by atoms with Crippen molar-refractivity contribution in [1.82, 2.24) is 5.32 Å². The third-order valence-corrected chi connectivity index (χ3v) is 2.70. The normalized spacial score (nSPS) is 11.2. The number of benzene rings is 1. The maximum absolute atomic E-state index is 9.12. The van der Waals surface area contributed by atoms with Gasteiger partial charge in [0, 0.05) is 18.5 Å². The van der Waals surface area contributed by atoms with E-state index in [0.717, 1.165) is 5.56 Å². The zero-order valence-corrected chi connectivity index (χ0v) is 9.98. The lowest BCUT2D eigenvalue weighted by Gasteiger charge is -2.24. The van der Waals surface area contributed by atoms with Crippen molar-refractivity contribution in [1.29, 1.82) is 5.26 Å². The van der Waals surface area contributed by atoms with Crippen molar-refractivity contribution in [2.24, 2.45) is 5.41 Å². The molecule has 0 saturated heterocycles. The smallest absolute Gasteiger partial charge is 0.0991 e. The highest BCUT2D eigenvalue weighted by atomic mass is 16.3. The van der Waals surface area contributed by atoms with Crippen LogP contribution >= 0.6 is 0 Å². The van der Waals surface area contributed by atoms with E-state index in [1.165, 1.54) is 0 Å². The van der Waals surface area contributed by atoms with Crippen molar-refractivity contribution >= 4 is 0 Å². The molecule has 0 unspecified atom stereocenters. The van der Waals surface area contributed by atoms with Crippen LogP contribution in [0.3, 0.4) is 0 Å². The largest absolute Gasteiger partial charge is 0.396 e. The maximum Gasteiger partial charge on any atom is 0.0991 e. The fourth-order valence-electron chi connectivity index (χ4n) is 1.42. The lowest BCUT2D eigenvalue weighted by atomic mass is 9.93.